The molecule has 3 N–H and O–H groups in total. The van der Waals surface area contributed by atoms with Gasteiger partial charge in [-0.15, -0.1) is 0 Å². The largest absolute Gasteiger partial charge is 0.440 e. The predicted octanol–water partition coefficient (Wildman–Crippen LogP) is 3.29. The number of rotatable bonds is 2. The monoisotopic (exact) mass is 332 g/mol. The number of benzene rings is 2. The lowest BCUT2D eigenvalue weighted by Gasteiger charge is -2.15. The normalized spacial score (nSPS) is 16.2. The summed E-state index contributed by atoms with van der Waals surface area (Å²) in [5, 5.41) is 21.4. The van der Waals surface area contributed by atoms with Gasteiger partial charge < -0.3 is 15.5 Å². The summed E-state index contributed by atoms with van der Waals surface area (Å²) in [4.78, 5) is 13.6. The zero-order valence-corrected chi connectivity index (χ0v) is 12.9. The zero-order valence-electron chi connectivity index (χ0n) is 12.9. The fraction of sp³-hybridized carbons (Fsp3) is 0.0556. The Bertz CT molecular complexity index is 1070. The van der Waals surface area contributed by atoms with Crippen molar-refractivity contribution in [2.75, 3.05) is 0 Å². The van der Waals surface area contributed by atoms with Crippen LogP contribution < -0.4 is 10.5 Å². The van der Waals surface area contributed by atoms with Gasteiger partial charge in [0.05, 0.1) is 10.8 Å². The Morgan fingerprint density at radius 3 is 2.68 bits per heavy atom. The van der Waals surface area contributed by atoms with Gasteiger partial charge in [-0.3, -0.25) is 10.1 Å². The molecule has 2 heterocycles. The first-order valence-electron chi connectivity index (χ1n) is 7.52. The van der Waals surface area contributed by atoms with Crippen LogP contribution in [0.25, 0.3) is 10.9 Å². The van der Waals surface area contributed by atoms with Gasteiger partial charge in [0.2, 0.25) is 5.88 Å². The average molecular weight is 332 g/mol. The van der Waals surface area contributed by atoms with Gasteiger partial charge >= 0.3 is 0 Å². The number of ether oxygens (including phenoxy) is 1. The van der Waals surface area contributed by atoms with Crippen molar-refractivity contribution in [1.29, 1.82) is 5.26 Å². The molecule has 7 heteroatoms. The highest BCUT2D eigenvalue weighted by atomic mass is 16.6. The van der Waals surface area contributed by atoms with Crippen LogP contribution >= 0.6 is 0 Å². The summed E-state index contributed by atoms with van der Waals surface area (Å²) < 4.78 is 5.71. The predicted molar refractivity (Wildman–Crippen MR) is 90.7 cm³/mol. The molecule has 7 nitrogen and oxygen atoms in total. The van der Waals surface area contributed by atoms with E-state index < -0.39 is 10.8 Å². The van der Waals surface area contributed by atoms with E-state index >= 15 is 0 Å². The standard InChI is InChI=1S/C18H12N4O3/c19-8-12-16(10-4-6-11(7-5-10)22(23)24)13-9-21-14-2-1-3-15(17(13)14)25-18(12)20/h1-7,9,16,21H,20H2. The maximum atomic E-state index is 10.9. The van der Waals surface area contributed by atoms with Crippen molar-refractivity contribution in [3.8, 4) is 11.8 Å². The van der Waals surface area contributed by atoms with E-state index in [4.69, 9.17) is 10.5 Å². The lowest BCUT2D eigenvalue weighted by Crippen LogP contribution is -2.13. The van der Waals surface area contributed by atoms with E-state index in [0.29, 0.717) is 5.75 Å². The van der Waals surface area contributed by atoms with Gasteiger partial charge in [-0.1, -0.05) is 18.2 Å². The Morgan fingerprint density at radius 2 is 2.00 bits per heavy atom. The number of nitriles is 1. The summed E-state index contributed by atoms with van der Waals surface area (Å²) in [6, 6.07) is 13.8. The minimum atomic E-state index is -0.469. The number of nitrogens with zero attached hydrogens (tertiary/aromatic N) is 2. The Kier molecular flexibility index (Phi) is 3.18. The fourth-order valence-electron chi connectivity index (χ4n) is 3.22. The molecular formula is C18H12N4O3. The molecule has 3 aromatic rings. The third kappa shape index (κ3) is 2.20. The maximum absolute atomic E-state index is 10.9. The SMILES string of the molecule is N#CC1=C(N)Oc2cccc3[nH]cc(c23)C1c1ccc([N+](=O)[O-])cc1. The maximum Gasteiger partial charge on any atom is 0.269 e. The van der Waals surface area contributed by atoms with Crippen LogP contribution in [0.4, 0.5) is 5.69 Å². The molecule has 0 fully saturated rings. The van der Waals surface area contributed by atoms with Crippen LogP contribution in [-0.4, -0.2) is 9.91 Å². The smallest absolute Gasteiger partial charge is 0.269 e. The number of aromatic nitrogens is 1. The Labute approximate surface area is 142 Å². The highest BCUT2D eigenvalue weighted by molar-refractivity contribution is 5.91. The van der Waals surface area contributed by atoms with Gasteiger partial charge in [0, 0.05) is 29.2 Å². The highest BCUT2D eigenvalue weighted by Gasteiger charge is 2.30. The van der Waals surface area contributed by atoms with E-state index in [0.717, 1.165) is 22.0 Å². The van der Waals surface area contributed by atoms with E-state index in [1.54, 1.807) is 18.2 Å². The van der Waals surface area contributed by atoms with Gasteiger partial charge in [-0.05, 0) is 23.3 Å². The van der Waals surface area contributed by atoms with Crippen molar-refractivity contribution in [2.45, 2.75) is 5.92 Å². The molecule has 0 saturated carbocycles. The van der Waals surface area contributed by atoms with Crippen LogP contribution in [0.1, 0.15) is 17.0 Å². The third-order valence-electron chi connectivity index (χ3n) is 4.34. The van der Waals surface area contributed by atoms with Crippen molar-refractivity contribution < 1.29 is 9.66 Å². The molecule has 1 aliphatic heterocycles. The quantitative estimate of drug-likeness (QED) is 0.551. The van der Waals surface area contributed by atoms with Crippen molar-refractivity contribution in [1.82, 2.24) is 4.98 Å². The molecule has 2 aromatic carbocycles. The molecule has 1 atom stereocenters. The molecule has 0 aliphatic carbocycles. The molecule has 25 heavy (non-hydrogen) atoms. The zero-order chi connectivity index (χ0) is 17.6. The number of nitro benzene ring substituents is 1. The molecule has 0 spiro atoms. The Hall–Kier alpha value is -3.79. The molecule has 122 valence electrons. The van der Waals surface area contributed by atoms with E-state index in [1.807, 2.05) is 18.3 Å². The lowest BCUT2D eigenvalue weighted by molar-refractivity contribution is -0.384. The van der Waals surface area contributed by atoms with Crippen molar-refractivity contribution in [2.24, 2.45) is 5.73 Å². The molecular weight excluding hydrogens is 320 g/mol. The van der Waals surface area contributed by atoms with Crippen LogP contribution in [0, 0.1) is 21.4 Å². The Balaban J connectivity index is 1.98. The Morgan fingerprint density at radius 1 is 1.24 bits per heavy atom. The second-order valence-electron chi connectivity index (χ2n) is 5.70. The van der Waals surface area contributed by atoms with Gasteiger partial charge in [0.25, 0.3) is 5.69 Å². The second kappa shape index (κ2) is 5.39. The summed E-state index contributed by atoms with van der Waals surface area (Å²) in [5.74, 6) is 0.140. The van der Waals surface area contributed by atoms with Gasteiger partial charge in [-0.25, -0.2) is 0 Å². The van der Waals surface area contributed by atoms with E-state index in [9.17, 15) is 15.4 Å². The third-order valence-corrected chi connectivity index (χ3v) is 4.34. The number of nitrogens with two attached hydrogens (primary N) is 1. The van der Waals surface area contributed by atoms with Crippen LogP contribution in [0.2, 0.25) is 0 Å². The van der Waals surface area contributed by atoms with E-state index in [2.05, 4.69) is 11.1 Å². The number of aromatic amines is 1. The molecule has 0 saturated heterocycles. The minimum absolute atomic E-state index is 0.0105. The van der Waals surface area contributed by atoms with Gasteiger partial charge in [-0.2, -0.15) is 5.26 Å². The highest BCUT2D eigenvalue weighted by Crippen LogP contribution is 2.43. The van der Waals surface area contributed by atoms with E-state index in [1.165, 1.54) is 12.1 Å². The number of hydrogen-bond acceptors (Lipinski definition) is 5. The van der Waals surface area contributed by atoms with Gasteiger partial charge in [0.1, 0.15) is 17.4 Å². The number of nitro groups is 1. The van der Waals surface area contributed by atoms with Crippen molar-refractivity contribution in [3.63, 3.8) is 0 Å². The second-order valence-corrected chi connectivity index (χ2v) is 5.70. The van der Waals surface area contributed by atoms with Crippen molar-refractivity contribution >= 4 is 16.6 Å². The summed E-state index contributed by atoms with van der Waals surface area (Å²) in [6.07, 6.45) is 1.82. The molecule has 1 unspecified atom stereocenters. The fourth-order valence-corrected chi connectivity index (χ4v) is 3.22. The van der Waals surface area contributed by atoms with E-state index in [-0.39, 0.29) is 17.1 Å². The van der Waals surface area contributed by atoms with Crippen LogP contribution in [-0.2, 0) is 0 Å². The molecule has 0 bridgehead atoms. The first-order chi connectivity index (χ1) is 12.1. The summed E-state index contributed by atoms with van der Waals surface area (Å²) in [6.45, 7) is 0. The van der Waals surface area contributed by atoms with Crippen LogP contribution in [0.3, 0.4) is 0 Å². The molecule has 0 amide bonds. The lowest BCUT2D eigenvalue weighted by atomic mass is 9.85. The molecule has 1 aromatic heterocycles. The topological polar surface area (TPSA) is 118 Å². The summed E-state index contributed by atoms with van der Waals surface area (Å²) in [5.41, 5.74) is 8.72. The molecule has 1 aliphatic rings. The number of hydrogen-bond donors (Lipinski definition) is 2. The van der Waals surface area contributed by atoms with Crippen LogP contribution in [0.5, 0.6) is 5.75 Å². The molecule has 4 rings (SSSR count). The summed E-state index contributed by atoms with van der Waals surface area (Å²) in [7, 11) is 0. The number of allylic oxidation sites excluding steroid dienone is 1. The molecule has 0 radical (unpaired) electrons. The van der Waals surface area contributed by atoms with Crippen LogP contribution in [0.15, 0.2) is 60.1 Å². The number of non-ortho nitro benzene ring substituents is 1. The first kappa shape index (κ1) is 14.8. The number of H-pyrrole nitrogens is 1. The number of nitrogens with one attached hydrogen (secondary N) is 1. The first-order valence-corrected chi connectivity index (χ1v) is 7.52. The van der Waals surface area contributed by atoms with Gasteiger partial charge in [0.15, 0.2) is 0 Å². The van der Waals surface area contributed by atoms with Crippen molar-refractivity contribution in [3.05, 3.63) is 81.4 Å². The average Bonchev–Trinajstić information content (AvgIpc) is 2.99. The summed E-state index contributed by atoms with van der Waals surface area (Å²) >= 11 is 0. The minimum Gasteiger partial charge on any atom is -0.440 e.